The van der Waals surface area contributed by atoms with E-state index in [9.17, 15) is 18.0 Å². The van der Waals surface area contributed by atoms with E-state index < -0.39 is 22.0 Å². The van der Waals surface area contributed by atoms with E-state index in [-0.39, 0.29) is 28.3 Å². The average molecular weight is 465 g/mol. The summed E-state index contributed by atoms with van der Waals surface area (Å²) < 4.78 is 28.4. The number of hydrogen-bond acceptors (Lipinski definition) is 4. The number of nitrogens with zero attached hydrogens (tertiary/aromatic N) is 1. The molecule has 1 unspecified atom stereocenters. The predicted octanol–water partition coefficient (Wildman–Crippen LogP) is 3.53. The summed E-state index contributed by atoms with van der Waals surface area (Å²) in [6, 6.07) is 10.9. The Bertz CT molecular complexity index is 1070. The Morgan fingerprint density at radius 3 is 2.35 bits per heavy atom. The normalized spacial score (nSPS) is 19.0. The first-order valence-corrected chi connectivity index (χ1v) is 11.7. The van der Waals surface area contributed by atoms with Gasteiger partial charge in [-0.3, -0.25) is 4.79 Å². The maximum atomic E-state index is 13.6. The van der Waals surface area contributed by atoms with E-state index in [0.717, 1.165) is 6.42 Å². The lowest BCUT2D eigenvalue weighted by Gasteiger charge is -2.33. The molecule has 3 rings (SSSR count). The summed E-state index contributed by atoms with van der Waals surface area (Å²) in [4.78, 5) is 24.1. The molecule has 0 aliphatic carbocycles. The molecule has 1 amide bonds. The maximum absolute atomic E-state index is 13.6. The van der Waals surface area contributed by atoms with Crippen molar-refractivity contribution in [3.63, 3.8) is 0 Å². The SMILES string of the molecule is CC1(C)CCNC(=O)C(N(Cc2ccc(C(=O)O)cc2)S(=O)(=O)c2ccc(Cl)cc2)C1. The number of sulfonamides is 1. The molecule has 9 heteroatoms. The largest absolute Gasteiger partial charge is 0.478 e. The summed E-state index contributed by atoms with van der Waals surface area (Å²) in [5.74, 6) is -1.41. The lowest BCUT2D eigenvalue weighted by atomic mass is 9.83. The molecule has 1 aliphatic heterocycles. The molecular formula is C22H25ClN2O5S. The molecule has 0 saturated carbocycles. The smallest absolute Gasteiger partial charge is 0.335 e. The third-order valence-corrected chi connectivity index (χ3v) is 7.58. The van der Waals surface area contributed by atoms with Crippen LogP contribution in [0.1, 0.15) is 42.6 Å². The number of halogens is 1. The first-order chi connectivity index (χ1) is 14.5. The van der Waals surface area contributed by atoms with E-state index in [4.69, 9.17) is 16.7 Å². The minimum Gasteiger partial charge on any atom is -0.478 e. The summed E-state index contributed by atoms with van der Waals surface area (Å²) in [7, 11) is -4.04. The highest BCUT2D eigenvalue weighted by Gasteiger charge is 2.40. The van der Waals surface area contributed by atoms with Gasteiger partial charge in [0.05, 0.1) is 10.5 Å². The van der Waals surface area contributed by atoms with Gasteiger partial charge >= 0.3 is 5.97 Å². The van der Waals surface area contributed by atoms with Crippen LogP contribution in [-0.4, -0.2) is 42.3 Å². The molecule has 1 aliphatic rings. The predicted molar refractivity (Wildman–Crippen MR) is 117 cm³/mol. The second-order valence-electron chi connectivity index (χ2n) is 8.43. The highest BCUT2D eigenvalue weighted by molar-refractivity contribution is 7.89. The Labute approximate surface area is 187 Å². The van der Waals surface area contributed by atoms with E-state index in [0.29, 0.717) is 23.6 Å². The van der Waals surface area contributed by atoms with Crippen molar-refractivity contribution in [2.75, 3.05) is 6.54 Å². The van der Waals surface area contributed by atoms with Gasteiger partial charge in [0, 0.05) is 18.1 Å². The highest BCUT2D eigenvalue weighted by atomic mass is 35.5. The van der Waals surface area contributed by atoms with Gasteiger partial charge in [-0.2, -0.15) is 4.31 Å². The number of carboxylic acids is 1. The molecule has 1 fully saturated rings. The Kier molecular flexibility index (Phi) is 6.73. The number of nitrogens with one attached hydrogen (secondary N) is 1. The average Bonchev–Trinajstić information content (AvgIpc) is 2.84. The quantitative estimate of drug-likeness (QED) is 0.680. The Morgan fingerprint density at radius 1 is 1.16 bits per heavy atom. The van der Waals surface area contributed by atoms with Gasteiger partial charge in [-0.25, -0.2) is 13.2 Å². The second-order valence-corrected chi connectivity index (χ2v) is 10.8. The number of carboxylic acid groups (broad SMARTS) is 1. The van der Waals surface area contributed by atoms with Crippen LogP contribution in [0.15, 0.2) is 53.4 Å². The standard InChI is InChI=1S/C22H25ClN2O5S/c1-22(2)11-12-24-20(26)19(13-22)25(14-15-3-5-16(6-4-15)21(27)28)31(29,30)18-9-7-17(23)8-10-18/h3-10,19H,11-14H2,1-2H3,(H,24,26)(H,27,28). The van der Waals surface area contributed by atoms with Crippen molar-refractivity contribution in [2.24, 2.45) is 5.41 Å². The molecule has 2 N–H and O–H groups in total. The van der Waals surface area contributed by atoms with E-state index in [1.807, 2.05) is 13.8 Å². The highest BCUT2D eigenvalue weighted by Crippen LogP contribution is 2.33. The van der Waals surface area contributed by atoms with Crippen molar-refractivity contribution >= 4 is 33.5 Å². The van der Waals surface area contributed by atoms with Gasteiger partial charge in [0.1, 0.15) is 6.04 Å². The van der Waals surface area contributed by atoms with Crippen LogP contribution < -0.4 is 5.32 Å². The maximum Gasteiger partial charge on any atom is 0.335 e. The Hall–Kier alpha value is -2.42. The molecule has 31 heavy (non-hydrogen) atoms. The number of carbonyl (C=O) groups excluding carboxylic acids is 1. The molecule has 0 radical (unpaired) electrons. The van der Waals surface area contributed by atoms with Crippen molar-refractivity contribution in [3.05, 3.63) is 64.7 Å². The Balaban J connectivity index is 2.05. The van der Waals surface area contributed by atoms with E-state index in [2.05, 4.69) is 5.32 Å². The fourth-order valence-electron chi connectivity index (χ4n) is 3.63. The van der Waals surface area contributed by atoms with E-state index >= 15 is 0 Å². The fraction of sp³-hybridized carbons (Fsp3) is 0.364. The number of amides is 1. The molecule has 2 aromatic rings. The molecule has 1 heterocycles. The number of hydrogen-bond donors (Lipinski definition) is 2. The summed E-state index contributed by atoms with van der Waals surface area (Å²) in [5.41, 5.74) is 0.437. The minimum absolute atomic E-state index is 0.0360. The number of aromatic carboxylic acids is 1. The monoisotopic (exact) mass is 464 g/mol. The molecule has 2 aromatic carbocycles. The van der Waals surface area contributed by atoms with Gasteiger partial charge in [0.15, 0.2) is 0 Å². The van der Waals surface area contributed by atoms with Gasteiger partial charge in [0.2, 0.25) is 15.9 Å². The van der Waals surface area contributed by atoms with Crippen LogP contribution in [0.2, 0.25) is 5.02 Å². The van der Waals surface area contributed by atoms with Crippen molar-refractivity contribution in [2.45, 2.75) is 44.2 Å². The fourth-order valence-corrected chi connectivity index (χ4v) is 5.33. The van der Waals surface area contributed by atoms with Gasteiger partial charge in [-0.1, -0.05) is 37.6 Å². The van der Waals surface area contributed by atoms with Crippen LogP contribution in [0.5, 0.6) is 0 Å². The van der Waals surface area contributed by atoms with E-state index in [1.54, 1.807) is 12.1 Å². The van der Waals surface area contributed by atoms with Crippen molar-refractivity contribution in [1.29, 1.82) is 0 Å². The lowest BCUT2D eigenvalue weighted by molar-refractivity contribution is -0.125. The topological polar surface area (TPSA) is 104 Å². The van der Waals surface area contributed by atoms with Crippen LogP contribution in [0.4, 0.5) is 0 Å². The van der Waals surface area contributed by atoms with Gasteiger partial charge < -0.3 is 10.4 Å². The zero-order valence-corrected chi connectivity index (χ0v) is 18.9. The van der Waals surface area contributed by atoms with Crippen LogP contribution in [0.3, 0.4) is 0 Å². The molecule has 0 aromatic heterocycles. The first kappa shape index (κ1) is 23.2. The van der Waals surface area contributed by atoms with Crippen LogP contribution in [-0.2, 0) is 21.4 Å². The number of rotatable bonds is 6. The molecule has 1 saturated heterocycles. The molecule has 0 bridgehead atoms. The van der Waals surface area contributed by atoms with E-state index in [1.165, 1.54) is 40.7 Å². The van der Waals surface area contributed by atoms with Crippen LogP contribution in [0, 0.1) is 5.41 Å². The van der Waals surface area contributed by atoms with Gasteiger partial charge in [0.25, 0.3) is 0 Å². The zero-order chi connectivity index (χ0) is 22.8. The molecular weight excluding hydrogens is 440 g/mol. The second kappa shape index (κ2) is 8.98. The zero-order valence-electron chi connectivity index (χ0n) is 17.3. The van der Waals surface area contributed by atoms with Crippen molar-refractivity contribution in [3.8, 4) is 0 Å². The summed E-state index contributed by atoms with van der Waals surface area (Å²) in [5, 5.41) is 12.4. The summed E-state index contributed by atoms with van der Waals surface area (Å²) in [6.07, 6.45) is 1.09. The molecule has 166 valence electrons. The van der Waals surface area contributed by atoms with Gasteiger partial charge in [-0.15, -0.1) is 0 Å². The summed E-state index contributed by atoms with van der Waals surface area (Å²) >= 11 is 5.92. The third-order valence-electron chi connectivity index (χ3n) is 5.46. The number of carbonyl (C=O) groups is 2. The van der Waals surface area contributed by atoms with Gasteiger partial charge in [-0.05, 0) is 60.2 Å². The molecule has 0 spiro atoms. The van der Waals surface area contributed by atoms with Crippen molar-refractivity contribution in [1.82, 2.24) is 9.62 Å². The number of benzene rings is 2. The Morgan fingerprint density at radius 2 is 1.77 bits per heavy atom. The summed E-state index contributed by atoms with van der Waals surface area (Å²) in [6.45, 7) is 4.42. The first-order valence-electron chi connectivity index (χ1n) is 9.87. The third kappa shape index (κ3) is 5.44. The van der Waals surface area contributed by atoms with Crippen molar-refractivity contribution < 1.29 is 23.1 Å². The minimum atomic E-state index is -4.04. The lowest BCUT2D eigenvalue weighted by Crippen LogP contribution is -2.49. The molecule has 7 nitrogen and oxygen atoms in total. The molecule has 1 atom stereocenters. The van der Waals surface area contributed by atoms with Crippen LogP contribution >= 0.6 is 11.6 Å². The van der Waals surface area contributed by atoms with Crippen LogP contribution in [0.25, 0.3) is 0 Å².